The third kappa shape index (κ3) is 2.07. The topological polar surface area (TPSA) is 68.2 Å². The number of rotatable bonds is 3. The van der Waals surface area contributed by atoms with Crippen molar-refractivity contribution in [2.75, 3.05) is 18.5 Å². The Bertz CT molecular complexity index is 451. The van der Waals surface area contributed by atoms with Crippen LogP contribution < -0.4 is 10.6 Å². The molecule has 0 spiro atoms. The Morgan fingerprint density at radius 3 is 3.07 bits per heavy atom. The molecule has 2 heterocycles. The number of pyridine rings is 1. The molecule has 0 aromatic carbocycles. The largest absolute Gasteiger partial charge is 0.358 e. The van der Waals surface area contributed by atoms with Crippen LogP contribution in [0.5, 0.6) is 0 Å². The summed E-state index contributed by atoms with van der Waals surface area (Å²) in [6.45, 7) is 2.72. The fraction of sp³-hybridized carbons (Fsp3) is 0.400. The Kier molecular flexibility index (Phi) is 2.55. The van der Waals surface area contributed by atoms with Crippen LogP contribution in [-0.2, 0) is 0 Å². The highest BCUT2D eigenvalue weighted by molar-refractivity contribution is 5.77. The number of hydrogen-bond donors (Lipinski definition) is 1. The summed E-state index contributed by atoms with van der Waals surface area (Å²) in [4.78, 5) is 6.30. The van der Waals surface area contributed by atoms with Crippen molar-refractivity contribution < 1.29 is 4.52 Å². The molecule has 1 atom stereocenters. The standard InChI is InChI=1S/C10H14N4O/c1-7(11)6-14(2)10-3-9-8(4-12-10)5-13-15-9/h3-5,7H,6,11H2,1-2H3. The van der Waals surface area contributed by atoms with E-state index in [0.29, 0.717) is 0 Å². The van der Waals surface area contributed by atoms with Crippen molar-refractivity contribution in [2.24, 2.45) is 5.73 Å². The van der Waals surface area contributed by atoms with E-state index in [4.69, 9.17) is 10.3 Å². The quantitative estimate of drug-likeness (QED) is 0.811. The van der Waals surface area contributed by atoms with Gasteiger partial charge in [-0.1, -0.05) is 5.16 Å². The van der Waals surface area contributed by atoms with E-state index in [1.54, 1.807) is 12.4 Å². The Balaban J connectivity index is 2.27. The first-order valence-electron chi connectivity index (χ1n) is 4.84. The minimum atomic E-state index is 0.113. The highest BCUT2D eigenvalue weighted by atomic mass is 16.5. The average Bonchev–Trinajstić information content (AvgIpc) is 2.62. The second-order valence-corrected chi connectivity index (χ2v) is 3.76. The molecule has 0 aliphatic heterocycles. The van der Waals surface area contributed by atoms with Crippen LogP contribution in [0.2, 0.25) is 0 Å². The van der Waals surface area contributed by atoms with Gasteiger partial charge in [0.15, 0.2) is 5.58 Å². The summed E-state index contributed by atoms with van der Waals surface area (Å²) >= 11 is 0. The number of fused-ring (bicyclic) bond motifs is 1. The lowest BCUT2D eigenvalue weighted by molar-refractivity contribution is 0.456. The van der Waals surface area contributed by atoms with E-state index in [1.165, 1.54) is 0 Å². The maximum Gasteiger partial charge on any atom is 0.172 e. The number of aromatic nitrogens is 2. The van der Waals surface area contributed by atoms with Crippen molar-refractivity contribution in [2.45, 2.75) is 13.0 Å². The first-order chi connectivity index (χ1) is 7.16. The summed E-state index contributed by atoms with van der Waals surface area (Å²) in [7, 11) is 1.95. The van der Waals surface area contributed by atoms with Crippen LogP contribution in [0.25, 0.3) is 11.0 Å². The first-order valence-corrected chi connectivity index (χ1v) is 4.84. The zero-order valence-electron chi connectivity index (χ0n) is 8.84. The zero-order valence-corrected chi connectivity index (χ0v) is 8.84. The molecular formula is C10H14N4O. The molecule has 0 saturated heterocycles. The molecule has 15 heavy (non-hydrogen) atoms. The lowest BCUT2D eigenvalue weighted by atomic mass is 10.3. The van der Waals surface area contributed by atoms with E-state index in [9.17, 15) is 0 Å². The van der Waals surface area contributed by atoms with Crippen LogP contribution in [0.3, 0.4) is 0 Å². The van der Waals surface area contributed by atoms with Gasteiger partial charge >= 0.3 is 0 Å². The molecule has 1 unspecified atom stereocenters. The zero-order chi connectivity index (χ0) is 10.8. The minimum absolute atomic E-state index is 0.113. The molecule has 2 aromatic heterocycles. The Morgan fingerprint density at radius 2 is 2.33 bits per heavy atom. The maximum absolute atomic E-state index is 5.72. The molecule has 0 aliphatic carbocycles. The number of anilines is 1. The lowest BCUT2D eigenvalue weighted by Gasteiger charge is -2.19. The van der Waals surface area contributed by atoms with E-state index in [0.717, 1.165) is 23.3 Å². The minimum Gasteiger partial charge on any atom is -0.358 e. The summed E-state index contributed by atoms with van der Waals surface area (Å²) in [5, 5.41) is 4.61. The highest BCUT2D eigenvalue weighted by Crippen LogP contribution is 2.17. The molecule has 2 N–H and O–H groups in total. The van der Waals surface area contributed by atoms with E-state index >= 15 is 0 Å². The van der Waals surface area contributed by atoms with Crippen LogP contribution >= 0.6 is 0 Å². The van der Waals surface area contributed by atoms with Gasteiger partial charge in [-0.25, -0.2) is 4.98 Å². The maximum atomic E-state index is 5.72. The van der Waals surface area contributed by atoms with E-state index in [-0.39, 0.29) is 6.04 Å². The molecule has 0 radical (unpaired) electrons. The van der Waals surface area contributed by atoms with Gasteiger partial charge in [-0.2, -0.15) is 0 Å². The molecule has 2 aromatic rings. The lowest BCUT2D eigenvalue weighted by Crippen LogP contribution is -2.33. The van der Waals surface area contributed by atoms with Crippen LogP contribution in [0.1, 0.15) is 6.92 Å². The van der Waals surface area contributed by atoms with Gasteiger partial charge < -0.3 is 15.2 Å². The molecule has 0 fully saturated rings. The van der Waals surface area contributed by atoms with Crippen molar-refractivity contribution >= 4 is 16.8 Å². The van der Waals surface area contributed by atoms with Gasteiger partial charge in [0.25, 0.3) is 0 Å². The normalized spacial score (nSPS) is 13.0. The summed E-state index contributed by atoms with van der Waals surface area (Å²) in [6.07, 6.45) is 3.40. The second kappa shape index (κ2) is 3.86. The Hall–Kier alpha value is -1.62. The van der Waals surface area contributed by atoms with Gasteiger partial charge in [0.1, 0.15) is 5.82 Å². The van der Waals surface area contributed by atoms with Gasteiger partial charge in [0, 0.05) is 31.9 Å². The molecule has 0 bridgehead atoms. The van der Waals surface area contributed by atoms with E-state index in [1.807, 2.05) is 24.9 Å². The second-order valence-electron chi connectivity index (χ2n) is 3.76. The fourth-order valence-corrected chi connectivity index (χ4v) is 1.49. The van der Waals surface area contributed by atoms with Crippen LogP contribution in [0.15, 0.2) is 23.0 Å². The number of likely N-dealkylation sites (N-methyl/N-ethyl adjacent to an activating group) is 1. The van der Waals surface area contributed by atoms with Crippen LogP contribution in [0.4, 0.5) is 5.82 Å². The van der Waals surface area contributed by atoms with Gasteiger partial charge in [-0.3, -0.25) is 0 Å². The predicted molar refractivity (Wildman–Crippen MR) is 58.7 cm³/mol. The van der Waals surface area contributed by atoms with E-state index in [2.05, 4.69) is 10.1 Å². The Labute approximate surface area is 87.9 Å². The molecule has 5 heteroatoms. The molecule has 5 nitrogen and oxygen atoms in total. The smallest absolute Gasteiger partial charge is 0.172 e. The molecule has 0 saturated carbocycles. The summed E-state index contributed by atoms with van der Waals surface area (Å²) in [6, 6.07) is 1.98. The van der Waals surface area contributed by atoms with Crippen LogP contribution in [0, 0.1) is 0 Å². The van der Waals surface area contributed by atoms with Crippen LogP contribution in [-0.4, -0.2) is 29.8 Å². The number of hydrogen-bond acceptors (Lipinski definition) is 5. The summed E-state index contributed by atoms with van der Waals surface area (Å²) in [5.74, 6) is 0.844. The van der Waals surface area contributed by atoms with E-state index < -0.39 is 0 Å². The molecule has 0 amide bonds. The predicted octanol–water partition coefficient (Wildman–Crippen LogP) is 1.01. The van der Waals surface area contributed by atoms with Gasteiger partial charge in [-0.05, 0) is 6.92 Å². The van der Waals surface area contributed by atoms with Crippen molar-refractivity contribution in [1.29, 1.82) is 0 Å². The van der Waals surface area contributed by atoms with Gasteiger partial charge in [-0.15, -0.1) is 0 Å². The monoisotopic (exact) mass is 206 g/mol. The number of nitrogens with two attached hydrogens (primary N) is 1. The van der Waals surface area contributed by atoms with Crippen molar-refractivity contribution in [1.82, 2.24) is 10.1 Å². The average molecular weight is 206 g/mol. The van der Waals surface area contributed by atoms with Crippen molar-refractivity contribution in [3.63, 3.8) is 0 Å². The molecule has 2 rings (SSSR count). The summed E-state index contributed by atoms with van der Waals surface area (Å²) < 4.78 is 5.07. The third-order valence-corrected chi connectivity index (χ3v) is 2.18. The first kappa shape index (κ1) is 9.92. The Morgan fingerprint density at radius 1 is 1.53 bits per heavy atom. The SMILES string of the molecule is CC(N)CN(C)c1cc2oncc2cn1. The summed E-state index contributed by atoms with van der Waals surface area (Å²) in [5.41, 5.74) is 6.46. The fourth-order valence-electron chi connectivity index (χ4n) is 1.49. The highest BCUT2D eigenvalue weighted by Gasteiger charge is 2.07. The number of nitrogens with zero attached hydrogens (tertiary/aromatic N) is 3. The van der Waals surface area contributed by atoms with Gasteiger partial charge in [0.2, 0.25) is 0 Å². The molecular weight excluding hydrogens is 192 g/mol. The molecule has 0 aliphatic rings. The van der Waals surface area contributed by atoms with Crippen molar-refractivity contribution in [3.8, 4) is 0 Å². The molecule has 80 valence electrons. The third-order valence-electron chi connectivity index (χ3n) is 2.18. The van der Waals surface area contributed by atoms with Gasteiger partial charge in [0.05, 0.1) is 11.6 Å². The van der Waals surface area contributed by atoms with Crippen molar-refractivity contribution in [3.05, 3.63) is 18.5 Å².